The maximum Gasteiger partial charge on any atom is 0.244 e. The molecule has 2 rings (SSSR count). The lowest BCUT2D eigenvalue weighted by Gasteiger charge is -2.34. The Morgan fingerprint density at radius 2 is 1.64 bits per heavy atom. The highest BCUT2D eigenvalue weighted by molar-refractivity contribution is 8.02. The van der Waals surface area contributed by atoms with Crippen molar-refractivity contribution in [2.45, 2.75) is 44.1 Å². The first kappa shape index (κ1) is 19.3. The third-order valence-corrected chi connectivity index (χ3v) is 5.63. The van der Waals surface area contributed by atoms with Crippen LogP contribution in [-0.2, 0) is 14.4 Å². The summed E-state index contributed by atoms with van der Waals surface area (Å²) < 4.78 is 5.35. The van der Waals surface area contributed by atoms with Gasteiger partial charge in [0, 0.05) is 5.69 Å². The van der Waals surface area contributed by atoms with Crippen molar-refractivity contribution in [1.82, 2.24) is 4.90 Å². The summed E-state index contributed by atoms with van der Waals surface area (Å²) >= 11 is 1.40. The molecule has 0 aromatic heterocycles. The van der Waals surface area contributed by atoms with Crippen LogP contribution in [-0.4, -0.2) is 46.3 Å². The van der Waals surface area contributed by atoms with Crippen molar-refractivity contribution in [2.75, 3.05) is 18.5 Å². The topological polar surface area (TPSA) is 75.7 Å². The zero-order valence-corrected chi connectivity index (χ0v) is 15.6. The Kier molecular flexibility index (Phi) is 6.87. The summed E-state index contributed by atoms with van der Waals surface area (Å²) in [7, 11) is 0. The first-order valence-electron chi connectivity index (χ1n) is 8.53. The number of hydrogen-bond donors (Lipinski definition) is 1. The van der Waals surface area contributed by atoms with Crippen LogP contribution in [0.5, 0.6) is 5.75 Å². The number of ether oxygens (including phenoxy) is 1. The van der Waals surface area contributed by atoms with Crippen LogP contribution in [0.15, 0.2) is 24.3 Å². The molecule has 0 bridgehead atoms. The fourth-order valence-electron chi connectivity index (χ4n) is 2.61. The maximum absolute atomic E-state index is 12.4. The van der Waals surface area contributed by atoms with Gasteiger partial charge in [-0.15, -0.1) is 11.8 Å². The Labute approximate surface area is 152 Å². The average molecular weight is 364 g/mol. The third-order valence-electron chi connectivity index (χ3n) is 3.90. The monoisotopic (exact) mass is 364 g/mol. The van der Waals surface area contributed by atoms with E-state index in [9.17, 15) is 14.4 Å². The SMILES string of the molecule is CCOc1ccc(NC(=O)CN2C(=O)[C@H](CC)S[C@@H](CC)C2=O)cc1. The standard InChI is InChI=1S/C18H24N2O4S/c1-4-14-17(22)20(18(23)15(5-2)25-14)11-16(21)19-12-7-9-13(10-8-12)24-6-3/h7-10,14-15H,4-6,11H2,1-3H3,(H,19,21)/t14-,15-/m0/s1. The van der Waals surface area contributed by atoms with Gasteiger partial charge in [-0.1, -0.05) is 13.8 Å². The Hall–Kier alpha value is -2.02. The van der Waals surface area contributed by atoms with E-state index in [0.717, 1.165) is 10.6 Å². The molecular weight excluding hydrogens is 340 g/mol. The number of anilines is 1. The van der Waals surface area contributed by atoms with Crippen molar-refractivity contribution >= 4 is 35.2 Å². The lowest BCUT2D eigenvalue weighted by Crippen LogP contribution is -2.53. The van der Waals surface area contributed by atoms with E-state index in [0.29, 0.717) is 25.1 Å². The zero-order chi connectivity index (χ0) is 18.4. The molecule has 1 saturated heterocycles. The van der Waals surface area contributed by atoms with Gasteiger partial charge < -0.3 is 10.1 Å². The number of nitrogens with zero attached hydrogens (tertiary/aromatic N) is 1. The lowest BCUT2D eigenvalue weighted by molar-refractivity contribution is -0.147. The Morgan fingerprint density at radius 1 is 1.08 bits per heavy atom. The molecule has 3 amide bonds. The molecule has 1 aromatic rings. The van der Waals surface area contributed by atoms with Crippen molar-refractivity contribution in [3.05, 3.63) is 24.3 Å². The number of thioether (sulfide) groups is 1. The van der Waals surface area contributed by atoms with E-state index in [2.05, 4.69) is 5.32 Å². The zero-order valence-electron chi connectivity index (χ0n) is 14.8. The molecule has 0 spiro atoms. The summed E-state index contributed by atoms with van der Waals surface area (Å²) in [5.41, 5.74) is 0.596. The van der Waals surface area contributed by atoms with Gasteiger partial charge in [0.05, 0.1) is 17.1 Å². The molecule has 136 valence electrons. The van der Waals surface area contributed by atoms with E-state index < -0.39 is 0 Å². The quantitative estimate of drug-likeness (QED) is 0.753. The average Bonchev–Trinajstić information content (AvgIpc) is 2.61. The molecule has 0 radical (unpaired) electrons. The molecule has 2 atom stereocenters. The van der Waals surface area contributed by atoms with E-state index in [1.54, 1.807) is 24.3 Å². The molecule has 0 saturated carbocycles. The third kappa shape index (κ3) is 4.75. The fraction of sp³-hybridized carbons (Fsp3) is 0.500. The molecule has 0 unspecified atom stereocenters. The number of rotatable bonds is 7. The summed E-state index contributed by atoms with van der Waals surface area (Å²) in [6.07, 6.45) is 1.29. The van der Waals surface area contributed by atoms with Crippen molar-refractivity contribution in [3.63, 3.8) is 0 Å². The predicted octanol–water partition coefficient (Wildman–Crippen LogP) is 2.68. The van der Waals surface area contributed by atoms with Gasteiger partial charge in [-0.05, 0) is 44.0 Å². The predicted molar refractivity (Wildman–Crippen MR) is 98.7 cm³/mol. The van der Waals surface area contributed by atoms with Crippen LogP contribution in [0.1, 0.15) is 33.6 Å². The number of hydrogen-bond acceptors (Lipinski definition) is 5. The summed E-state index contributed by atoms with van der Waals surface area (Å²) in [5.74, 6) is -0.217. The number of carbonyl (C=O) groups is 3. The minimum absolute atomic E-state index is 0.252. The normalized spacial score (nSPS) is 20.5. The number of nitrogens with one attached hydrogen (secondary N) is 1. The smallest absolute Gasteiger partial charge is 0.244 e. The van der Waals surface area contributed by atoms with Gasteiger partial charge in [-0.25, -0.2) is 0 Å². The van der Waals surface area contributed by atoms with Crippen molar-refractivity contribution in [1.29, 1.82) is 0 Å². The maximum atomic E-state index is 12.4. The lowest BCUT2D eigenvalue weighted by atomic mass is 10.2. The molecule has 7 heteroatoms. The van der Waals surface area contributed by atoms with Gasteiger partial charge in [0.2, 0.25) is 17.7 Å². The molecule has 1 aliphatic rings. The molecule has 25 heavy (non-hydrogen) atoms. The highest BCUT2D eigenvalue weighted by Crippen LogP contribution is 2.31. The van der Waals surface area contributed by atoms with Crippen LogP contribution >= 0.6 is 11.8 Å². The molecule has 1 aromatic carbocycles. The van der Waals surface area contributed by atoms with Gasteiger partial charge in [0.15, 0.2) is 0 Å². The summed E-state index contributed by atoms with van der Waals surface area (Å²) in [5, 5.41) is 2.19. The Bertz CT molecular complexity index is 610. The molecule has 1 fully saturated rings. The fourth-order valence-corrected chi connectivity index (χ4v) is 3.88. The van der Waals surface area contributed by atoms with Crippen molar-refractivity contribution < 1.29 is 19.1 Å². The minimum atomic E-state index is -0.387. The summed E-state index contributed by atoms with van der Waals surface area (Å²) in [6, 6.07) is 6.96. The molecule has 1 aliphatic heterocycles. The van der Waals surface area contributed by atoms with E-state index in [1.807, 2.05) is 20.8 Å². The highest BCUT2D eigenvalue weighted by atomic mass is 32.2. The van der Waals surface area contributed by atoms with Crippen LogP contribution in [0.25, 0.3) is 0 Å². The first-order chi connectivity index (χ1) is 12.0. The molecule has 6 nitrogen and oxygen atoms in total. The molecule has 1 N–H and O–H groups in total. The number of imide groups is 1. The second kappa shape index (κ2) is 8.89. The van der Waals surface area contributed by atoms with Crippen LogP contribution in [0.4, 0.5) is 5.69 Å². The van der Waals surface area contributed by atoms with Gasteiger partial charge >= 0.3 is 0 Å². The van der Waals surface area contributed by atoms with Crippen LogP contribution in [0.3, 0.4) is 0 Å². The largest absolute Gasteiger partial charge is 0.494 e. The van der Waals surface area contributed by atoms with E-state index in [4.69, 9.17) is 4.74 Å². The minimum Gasteiger partial charge on any atom is -0.494 e. The van der Waals surface area contributed by atoms with Gasteiger partial charge in [-0.2, -0.15) is 0 Å². The van der Waals surface area contributed by atoms with E-state index >= 15 is 0 Å². The highest BCUT2D eigenvalue weighted by Gasteiger charge is 2.40. The van der Waals surface area contributed by atoms with Crippen LogP contribution in [0, 0.1) is 0 Å². The number of benzene rings is 1. The van der Waals surface area contributed by atoms with Gasteiger partial charge in [-0.3, -0.25) is 19.3 Å². The second-order valence-corrected chi connectivity index (χ2v) is 7.11. The van der Waals surface area contributed by atoms with Gasteiger partial charge in [0.25, 0.3) is 0 Å². The summed E-state index contributed by atoms with van der Waals surface area (Å²) in [4.78, 5) is 38.2. The Balaban J connectivity index is 2.02. The molecule has 1 heterocycles. The number of amides is 3. The van der Waals surface area contributed by atoms with Crippen molar-refractivity contribution in [2.24, 2.45) is 0 Å². The molecule has 0 aliphatic carbocycles. The van der Waals surface area contributed by atoms with Crippen LogP contribution in [0.2, 0.25) is 0 Å². The second-order valence-electron chi connectivity index (χ2n) is 5.70. The molecular formula is C18H24N2O4S. The van der Waals surface area contributed by atoms with E-state index in [-0.39, 0.29) is 34.8 Å². The summed E-state index contributed by atoms with van der Waals surface area (Å²) in [6.45, 7) is 6.04. The Morgan fingerprint density at radius 3 is 2.12 bits per heavy atom. The first-order valence-corrected chi connectivity index (χ1v) is 9.47. The van der Waals surface area contributed by atoms with E-state index in [1.165, 1.54) is 11.8 Å². The number of carbonyl (C=O) groups excluding carboxylic acids is 3. The van der Waals surface area contributed by atoms with Crippen molar-refractivity contribution in [3.8, 4) is 5.75 Å². The van der Waals surface area contributed by atoms with Gasteiger partial charge in [0.1, 0.15) is 12.3 Å². The van der Waals surface area contributed by atoms with Crippen LogP contribution < -0.4 is 10.1 Å².